The summed E-state index contributed by atoms with van der Waals surface area (Å²) in [6.07, 6.45) is 12.4. The molecule has 1 heterocycles. The molecule has 0 amide bonds. The van der Waals surface area contributed by atoms with Gasteiger partial charge in [0.05, 0.1) is 12.2 Å². The van der Waals surface area contributed by atoms with Gasteiger partial charge in [0.15, 0.2) is 0 Å². The van der Waals surface area contributed by atoms with Gasteiger partial charge >= 0.3 is 0 Å². The van der Waals surface area contributed by atoms with E-state index in [1.807, 2.05) is 6.08 Å². The summed E-state index contributed by atoms with van der Waals surface area (Å²) in [6.45, 7) is 8.13. The lowest BCUT2D eigenvalue weighted by atomic mass is 9.46. The van der Waals surface area contributed by atoms with E-state index < -0.39 is 0 Å². The second kappa shape index (κ2) is 5.84. The summed E-state index contributed by atoms with van der Waals surface area (Å²) in [4.78, 5) is 21.9. The number of allylic oxidation sites excluding steroid dienone is 1. The molecule has 2 aliphatic carbocycles. The average molecular weight is 318 g/mol. The van der Waals surface area contributed by atoms with Crippen molar-refractivity contribution >= 4 is 12.6 Å². The average Bonchev–Trinajstić information content (AvgIpc) is 3.24. The number of carbonyl (C=O) groups excluding carboxylic acids is 2. The third-order valence-electron chi connectivity index (χ3n) is 7.02. The quantitative estimate of drug-likeness (QED) is 0.438. The van der Waals surface area contributed by atoms with E-state index in [1.54, 1.807) is 0 Å². The van der Waals surface area contributed by atoms with E-state index >= 15 is 0 Å². The summed E-state index contributed by atoms with van der Waals surface area (Å²) in [5.41, 5.74) is 0.619. The molecular formula is C20H30O3. The lowest BCUT2D eigenvalue weighted by Gasteiger charge is -2.58. The molecule has 3 nitrogen and oxygen atoms in total. The van der Waals surface area contributed by atoms with Gasteiger partial charge in [-0.3, -0.25) is 0 Å². The molecule has 128 valence electrons. The fourth-order valence-corrected chi connectivity index (χ4v) is 5.76. The molecule has 0 bridgehead atoms. The standard InChI is InChI=1S/C20H30O3/c1-18(2)9-4-10-19(3)16(18)7-11-20(14-23-20)17(19)6-5-15(13-22)8-12-21/h5-6,12-13,15-17H,4,7-11,14H2,1-3H3/b6-5+/t15-,16+,17+,19+,20-/m0/s1. The third-order valence-corrected chi connectivity index (χ3v) is 7.02. The number of fused-ring (bicyclic) bond motifs is 1. The third kappa shape index (κ3) is 2.82. The molecule has 5 atom stereocenters. The second-order valence-electron chi connectivity index (χ2n) is 8.86. The highest BCUT2D eigenvalue weighted by atomic mass is 16.6. The molecular weight excluding hydrogens is 288 g/mol. The Morgan fingerprint density at radius 1 is 1.17 bits per heavy atom. The van der Waals surface area contributed by atoms with Crippen LogP contribution in [0.3, 0.4) is 0 Å². The first-order valence-electron chi connectivity index (χ1n) is 9.09. The molecule has 3 fully saturated rings. The zero-order valence-corrected chi connectivity index (χ0v) is 14.7. The lowest BCUT2D eigenvalue weighted by molar-refractivity contribution is -0.114. The molecule has 0 N–H and O–H groups in total. The molecule has 0 radical (unpaired) electrons. The van der Waals surface area contributed by atoms with Crippen LogP contribution in [0.5, 0.6) is 0 Å². The van der Waals surface area contributed by atoms with Crippen LogP contribution in [-0.4, -0.2) is 24.8 Å². The normalized spacial score (nSPS) is 43.1. The number of ether oxygens (including phenoxy) is 1. The van der Waals surface area contributed by atoms with Gasteiger partial charge < -0.3 is 14.3 Å². The summed E-state index contributed by atoms with van der Waals surface area (Å²) >= 11 is 0. The van der Waals surface area contributed by atoms with Crippen molar-refractivity contribution in [3.05, 3.63) is 12.2 Å². The van der Waals surface area contributed by atoms with Crippen molar-refractivity contribution < 1.29 is 14.3 Å². The molecule has 0 unspecified atom stereocenters. The first-order valence-corrected chi connectivity index (χ1v) is 9.09. The molecule has 3 heteroatoms. The maximum atomic E-state index is 11.2. The molecule has 0 aromatic heterocycles. The summed E-state index contributed by atoms with van der Waals surface area (Å²) < 4.78 is 5.95. The fraction of sp³-hybridized carbons (Fsp3) is 0.800. The Bertz CT molecular complexity index is 503. The minimum absolute atomic E-state index is 0.00375. The smallest absolute Gasteiger partial charge is 0.127 e. The maximum absolute atomic E-state index is 11.2. The number of rotatable bonds is 5. The molecule has 0 aromatic rings. The number of epoxide rings is 1. The predicted molar refractivity (Wildman–Crippen MR) is 90.0 cm³/mol. The molecule has 0 aromatic carbocycles. The summed E-state index contributed by atoms with van der Waals surface area (Å²) in [6, 6.07) is 0. The van der Waals surface area contributed by atoms with Gasteiger partial charge in [-0.25, -0.2) is 0 Å². The van der Waals surface area contributed by atoms with E-state index in [0.717, 1.165) is 25.6 Å². The molecule has 3 rings (SSSR count). The van der Waals surface area contributed by atoms with Crippen molar-refractivity contribution in [2.24, 2.45) is 28.6 Å². The molecule has 1 saturated heterocycles. The first-order chi connectivity index (χ1) is 10.9. The SMILES string of the molecule is CC1(C)CCC[C@]2(C)[C@@H]1CC[C@]1(CO1)[C@@H]2/C=C/[C@H](C=O)CC=O. The number of hydrogen-bond donors (Lipinski definition) is 0. The first kappa shape index (κ1) is 16.9. The van der Waals surface area contributed by atoms with Gasteiger partial charge in [0.2, 0.25) is 0 Å². The molecule has 23 heavy (non-hydrogen) atoms. The predicted octanol–water partition coefficient (Wildman–Crippen LogP) is 3.96. The monoisotopic (exact) mass is 318 g/mol. The van der Waals surface area contributed by atoms with Crippen LogP contribution >= 0.6 is 0 Å². The zero-order valence-electron chi connectivity index (χ0n) is 14.7. The minimum atomic E-state index is -0.288. The second-order valence-corrected chi connectivity index (χ2v) is 8.86. The van der Waals surface area contributed by atoms with Crippen molar-refractivity contribution in [3.8, 4) is 0 Å². The van der Waals surface area contributed by atoms with Gasteiger partial charge in [-0.05, 0) is 42.4 Å². The lowest BCUT2D eigenvalue weighted by Crippen LogP contribution is -2.54. The minimum Gasteiger partial charge on any atom is -0.369 e. The van der Waals surface area contributed by atoms with Crippen molar-refractivity contribution in [1.29, 1.82) is 0 Å². The van der Waals surface area contributed by atoms with Gasteiger partial charge in [-0.1, -0.05) is 39.3 Å². The topological polar surface area (TPSA) is 46.7 Å². The van der Waals surface area contributed by atoms with Crippen LogP contribution in [0.15, 0.2) is 12.2 Å². The molecule has 1 spiro atoms. The number of aldehydes is 2. The van der Waals surface area contributed by atoms with Crippen molar-refractivity contribution in [2.45, 2.75) is 64.9 Å². The van der Waals surface area contributed by atoms with Crippen LogP contribution < -0.4 is 0 Å². The van der Waals surface area contributed by atoms with E-state index in [9.17, 15) is 9.59 Å². The Morgan fingerprint density at radius 3 is 2.52 bits per heavy atom. The molecule has 3 aliphatic rings. The van der Waals surface area contributed by atoms with Gasteiger partial charge in [0.1, 0.15) is 12.6 Å². The highest BCUT2D eigenvalue weighted by Gasteiger charge is 2.64. The molecule has 2 saturated carbocycles. The van der Waals surface area contributed by atoms with Crippen molar-refractivity contribution in [3.63, 3.8) is 0 Å². The zero-order chi connectivity index (χ0) is 16.7. The van der Waals surface area contributed by atoms with Crippen LogP contribution in [0, 0.1) is 28.6 Å². The van der Waals surface area contributed by atoms with Crippen LogP contribution in [-0.2, 0) is 14.3 Å². The highest BCUT2D eigenvalue weighted by Crippen LogP contribution is 2.65. The Labute approximate surface area is 139 Å². The van der Waals surface area contributed by atoms with E-state index in [4.69, 9.17) is 4.74 Å². The highest BCUT2D eigenvalue weighted by molar-refractivity contribution is 5.64. The fourth-order valence-electron chi connectivity index (χ4n) is 5.76. The largest absolute Gasteiger partial charge is 0.369 e. The van der Waals surface area contributed by atoms with Crippen LogP contribution in [0.1, 0.15) is 59.3 Å². The molecule has 1 aliphatic heterocycles. The van der Waals surface area contributed by atoms with Gasteiger partial charge in [0, 0.05) is 18.3 Å². The summed E-state index contributed by atoms with van der Waals surface area (Å²) in [7, 11) is 0. The van der Waals surface area contributed by atoms with Gasteiger partial charge in [-0.2, -0.15) is 0 Å². The van der Waals surface area contributed by atoms with Gasteiger partial charge in [-0.15, -0.1) is 0 Å². The van der Waals surface area contributed by atoms with E-state index in [1.165, 1.54) is 25.7 Å². The maximum Gasteiger partial charge on any atom is 0.127 e. The summed E-state index contributed by atoms with van der Waals surface area (Å²) in [5, 5.41) is 0. The van der Waals surface area contributed by atoms with Crippen molar-refractivity contribution in [2.75, 3.05) is 6.61 Å². The van der Waals surface area contributed by atoms with Crippen LogP contribution in [0.4, 0.5) is 0 Å². The Hall–Kier alpha value is -0.960. The van der Waals surface area contributed by atoms with Gasteiger partial charge in [0.25, 0.3) is 0 Å². The van der Waals surface area contributed by atoms with E-state index in [-0.39, 0.29) is 23.4 Å². The number of hydrogen-bond acceptors (Lipinski definition) is 3. The van der Waals surface area contributed by atoms with Crippen molar-refractivity contribution in [1.82, 2.24) is 0 Å². The van der Waals surface area contributed by atoms with Crippen LogP contribution in [0.2, 0.25) is 0 Å². The van der Waals surface area contributed by atoms with Crippen LogP contribution in [0.25, 0.3) is 0 Å². The Balaban J connectivity index is 1.89. The number of carbonyl (C=O) groups is 2. The summed E-state index contributed by atoms with van der Waals surface area (Å²) in [5.74, 6) is 0.778. The Morgan fingerprint density at radius 2 is 1.91 bits per heavy atom. The Kier molecular flexibility index (Phi) is 4.29. The van der Waals surface area contributed by atoms with E-state index in [0.29, 0.717) is 17.3 Å². The van der Waals surface area contributed by atoms with E-state index in [2.05, 4.69) is 26.8 Å².